The summed E-state index contributed by atoms with van der Waals surface area (Å²) in [5.41, 5.74) is 2.20. The van der Waals surface area contributed by atoms with E-state index in [1.807, 2.05) is 24.4 Å². The van der Waals surface area contributed by atoms with E-state index < -0.39 is 0 Å². The molecule has 0 saturated heterocycles. The Kier molecular flexibility index (Phi) is 6.11. The first kappa shape index (κ1) is 15.1. The molecule has 5 heteroatoms. The lowest BCUT2D eigenvalue weighted by Gasteiger charge is -2.06. The Morgan fingerprint density at radius 3 is 3.00 bits per heavy atom. The molecule has 0 unspecified atom stereocenters. The zero-order valence-electron chi connectivity index (χ0n) is 11.5. The summed E-state index contributed by atoms with van der Waals surface area (Å²) in [4.78, 5) is 8.90. The van der Waals surface area contributed by atoms with Gasteiger partial charge in [0, 0.05) is 37.3 Å². The Morgan fingerprint density at radius 2 is 2.20 bits per heavy atom. The van der Waals surface area contributed by atoms with Crippen molar-refractivity contribution < 1.29 is 4.74 Å². The highest BCUT2D eigenvalue weighted by Gasteiger charge is 2.02. The zero-order chi connectivity index (χ0) is 14.2. The van der Waals surface area contributed by atoms with Gasteiger partial charge in [-0.25, -0.2) is 9.97 Å². The molecule has 0 atom stereocenters. The molecule has 2 aromatic rings. The van der Waals surface area contributed by atoms with E-state index in [0.717, 1.165) is 35.5 Å². The number of nitrogens with zero attached hydrogens (tertiary/aromatic N) is 2. The van der Waals surface area contributed by atoms with Crippen molar-refractivity contribution in [2.75, 3.05) is 20.3 Å². The van der Waals surface area contributed by atoms with Crippen molar-refractivity contribution in [2.45, 2.75) is 13.0 Å². The van der Waals surface area contributed by atoms with E-state index in [-0.39, 0.29) is 0 Å². The Labute approximate surface area is 127 Å². The van der Waals surface area contributed by atoms with E-state index in [9.17, 15) is 0 Å². The van der Waals surface area contributed by atoms with Gasteiger partial charge in [-0.05, 0) is 23.8 Å². The van der Waals surface area contributed by atoms with Crippen LogP contribution in [0.2, 0.25) is 0 Å². The molecule has 0 bridgehead atoms. The maximum absolute atomic E-state index is 4.99. The Balaban J connectivity index is 1.95. The molecule has 1 aromatic heterocycles. The second-order valence-corrected chi connectivity index (χ2v) is 5.36. The summed E-state index contributed by atoms with van der Waals surface area (Å²) in [6.45, 7) is 2.26. The number of benzene rings is 1. The van der Waals surface area contributed by atoms with Crippen LogP contribution in [0.5, 0.6) is 0 Å². The number of methoxy groups -OCH3 is 1. The van der Waals surface area contributed by atoms with Crippen LogP contribution in [-0.4, -0.2) is 30.2 Å². The second kappa shape index (κ2) is 8.09. The highest BCUT2D eigenvalue weighted by atomic mass is 79.9. The first-order chi connectivity index (χ1) is 9.78. The normalized spacial score (nSPS) is 10.7. The summed E-state index contributed by atoms with van der Waals surface area (Å²) >= 11 is 3.48. The third-order valence-corrected chi connectivity index (χ3v) is 3.30. The van der Waals surface area contributed by atoms with E-state index >= 15 is 0 Å². The monoisotopic (exact) mass is 335 g/mol. The van der Waals surface area contributed by atoms with Gasteiger partial charge in [0.25, 0.3) is 0 Å². The maximum Gasteiger partial charge on any atom is 0.132 e. The van der Waals surface area contributed by atoms with Crippen LogP contribution in [0.3, 0.4) is 0 Å². The molecule has 0 aliphatic heterocycles. The van der Waals surface area contributed by atoms with Crippen LogP contribution in [0, 0.1) is 0 Å². The van der Waals surface area contributed by atoms with Gasteiger partial charge < -0.3 is 10.1 Å². The van der Waals surface area contributed by atoms with Crippen LogP contribution in [0.25, 0.3) is 0 Å². The van der Waals surface area contributed by atoms with Crippen molar-refractivity contribution in [1.82, 2.24) is 15.3 Å². The number of ether oxygens (including phenoxy) is 1. The SMILES string of the molecule is COCCNCc1ccnc(Cc2cccc(Br)c2)n1. The van der Waals surface area contributed by atoms with E-state index in [1.54, 1.807) is 7.11 Å². The predicted molar refractivity (Wildman–Crippen MR) is 82.6 cm³/mol. The average molecular weight is 336 g/mol. The van der Waals surface area contributed by atoms with E-state index in [1.165, 1.54) is 5.56 Å². The molecule has 1 aromatic carbocycles. The molecule has 0 fully saturated rings. The average Bonchev–Trinajstić information content (AvgIpc) is 2.44. The molecule has 0 saturated carbocycles. The highest BCUT2D eigenvalue weighted by Crippen LogP contribution is 2.13. The van der Waals surface area contributed by atoms with Gasteiger partial charge in [0.05, 0.1) is 12.3 Å². The van der Waals surface area contributed by atoms with Crippen LogP contribution >= 0.6 is 15.9 Å². The summed E-state index contributed by atoms with van der Waals surface area (Å²) in [5, 5.41) is 3.28. The van der Waals surface area contributed by atoms with E-state index in [0.29, 0.717) is 6.61 Å². The summed E-state index contributed by atoms with van der Waals surface area (Å²) in [7, 11) is 1.70. The molecule has 0 aliphatic carbocycles. The quantitative estimate of drug-likeness (QED) is 0.790. The maximum atomic E-state index is 4.99. The summed E-state index contributed by atoms with van der Waals surface area (Å²) < 4.78 is 6.07. The van der Waals surface area contributed by atoms with E-state index in [2.05, 4.69) is 43.3 Å². The van der Waals surface area contributed by atoms with Gasteiger partial charge in [-0.3, -0.25) is 0 Å². The number of hydrogen-bond donors (Lipinski definition) is 1. The number of hydrogen-bond acceptors (Lipinski definition) is 4. The number of halogens is 1. The van der Waals surface area contributed by atoms with Gasteiger partial charge in [-0.15, -0.1) is 0 Å². The fourth-order valence-corrected chi connectivity index (χ4v) is 2.29. The van der Waals surface area contributed by atoms with Crippen molar-refractivity contribution in [3.63, 3.8) is 0 Å². The Bertz CT molecular complexity index is 548. The van der Waals surface area contributed by atoms with E-state index in [4.69, 9.17) is 4.74 Å². The highest BCUT2D eigenvalue weighted by molar-refractivity contribution is 9.10. The lowest BCUT2D eigenvalue weighted by Crippen LogP contribution is -2.19. The van der Waals surface area contributed by atoms with Crippen LogP contribution in [0.4, 0.5) is 0 Å². The minimum absolute atomic E-state index is 0.704. The van der Waals surface area contributed by atoms with Crippen molar-refractivity contribution >= 4 is 15.9 Å². The molecule has 2 rings (SSSR count). The van der Waals surface area contributed by atoms with Crippen LogP contribution in [0.1, 0.15) is 17.1 Å². The lowest BCUT2D eigenvalue weighted by atomic mass is 10.1. The molecule has 20 heavy (non-hydrogen) atoms. The van der Waals surface area contributed by atoms with Crippen LogP contribution in [0.15, 0.2) is 41.0 Å². The van der Waals surface area contributed by atoms with Gasteiger partial charge >= 0.3 is 0 Å². The number of nitrogens with one attached hydrogen (secondary N) is 1. The van der Waals surface area contributed by atoms with Gasteiger partial charge in [0.1, 0.15) is 5.82 Å². The zero-order valence-corrected chi connectivity index (χ0v) is 13.1. The predicted octanol–water partition coefficient (Wildman–Crippen LogP) is 2.57. The van der Waals surface area contributed by atoms with Gasteiger partial charge in [-0.1, -0.05) is 28.1 Å². The third kappa shape index (κ3) is 5.00. The summed E-state index contributed by atoms with van der Waals surface area (Å²) in [6, 6.07) is 10.1. The van der Waals surface area contributed by atoms with Gasteiger partial charge in [-0.2, -0.15) is 0 Å². The van der Waals surface area contributed by atoms with Crippen LogP contribution < -0.4 is 5.32 Å². The fourth-order valence-electron chi connectivity index (χ4n) is 1.85. The topological polar surface area (TPSA) is 47.0 Å². The van der Waals surface area contributed by atoms with Crippen molar-refractivity contribution in [2.24, 2.45) is 0 Å². The summed E-state index contributed by atoms with van der Waals surface area (Å²) in [5.74, 6) is 0.842. The molecule has 4 nitrogen and oxygen atoms in total. The smallest absolute Gasteiger partial charge is 0.132 e. The van der Waals surface area contributed by atoms with Crippen molar-refractivity contribution in [3.8, 4) is 0 Å². The Hall–Kier alpha value is -1.30. The third-order valence-electron chi connectivity index (χ3n) is 2.80. The number of aromatic nitrogens is 2. The van der Waals surface area contributed by atoms with Gasteiger partial charge in [0.15, 0.2) is 0 Å². The fraction of sp³-hybridized carbons (Fsp3) is 0.333. The Morgan fingerprint density at radius 1 is 1.30 bits per heavy atom. The molecule has 0 spiro atoms. The standard InChI is InChI=1S/C15H18BrN3O/c1-20-8-7-17-11-14-5-6-18-15(19-14)10-12-3-2-4-13(16)9-12/h2-6,9,17H,7-8,10-11H2,1H3. The summed E-state index contributed by atoms with van der Waals surface area (Å²) in [6.07, 6.45) is 2.55. The van der Waals surface area contributed by atoms with Crippen LogP contribution in [-0.2, 0) is 17.7 Å². The van der Waals surface area contributed by atoms with Crippen molar-refractivity contribution in [3.05, 3.63) is 58.1 Å². The molecule has 0 radical (unpaired) electrons. The molecular formula is C15H18BrN3O. The number of rotatable bonds is 7. The van der Waals surface area contributed by atoms with Gasteiger partial charge in [0.2, 0.25) is 0 Å². The molecular weight excluding hydrogens is 318 g/mol. The minimum Gasteiger partial charge on any atom is -0.383 e. The lowest BCUT2D eigenvalue weighted by molar-refractivity contribution is 0.199. The molecule has 0 amide bonds. The molecule has 1 heterocycles. The second-order valence-electron chi connectivity index (χ2n) is 4.44. The first-order valence-electron chi connectivity index (χ1n) is 6.53. The molecule has 1 N–H and O–H groups in total. The molecule has 106 valence electrons. The van der Waals surface area contributed by atoms with Crippen molar-refractivity contribution in [1.29, 1.82) is 0 Å². The molecule has 0 aliphatic rings. The minimum atomic E-state index is 0.704. The first-order valence-corrected chi connectivity index (χ1v) is 7.32. The largest absolute Gasteiger partial charge is 0.383 e.